The Balaban J connectivity index is 1.47. The maximum absolute atomic E-state index is 13.5. The maximum atomic E-state index is 13.5. The molecule has 0 aliphatic carbocycles. The van der Waals surface area contributed by atoms with E-state index in [0.717, 1.165) is 22.4 Å². The number of piperazine rings is 1. The molecule has 1 N–H and O–H groups in total. The normalized spacial score (nSPS) is 14.6. The van der Waals surface area contributed by atoms with Gasteiger partial charge < -0.3 is 10.2 Å². The van der Waals surface area contributed by atoms with E-state index < -0.39 is 0 Å². The maximum Gasteiger partial charge on any atom is 0.321 e. The Morgan fingerprint density at radius 2 is 1.39 bits per heavy atom. The van der Waals surface area contributed by atoms with E-state index in [2.05, 4.69) is 10.2 Å². The lowest BCUT2D eigenvalue weighted by Crippen LogP contribution is -2.51. The van der Waals surface area contributed by atoms with Crippen molar-refractivity contribution in [3.8, 4) is 0 Å². The number of nitrogens with zero attached hydrogens (tertiary/aromatic N) is 2. The van der Waals surface area contributed by atoms with Gasteiger partial charge in [-0.05, 0) is 60.0 Å². The molecule has 4 rings (SSSR count). The van der Waals surface area contributed by atoms with Crippen LogP contribution in [0.2, 0.25) is 0 Å². The van der Waals surface area contributed by atoms with Crippen LogP contribution in [0.3, 0.4) is 0 Å². The highest BCUT2D eigenvalue weighted by molar-refractivity contribution is 5.89. The smallest absolute Gasteiger partial charge is 0.321 e. The minimum absolute atomic E-state index is 0.120. The summed E-state index contributed by atoms with van der Waals surface area (Å²) in [6.07, 6.45) is 0. The third kappa shape index (κ3) is 5.09. The van der Waals surface area contributed by atoms with Crippen LogP contribution >= 0.6 is 0 Å². The van der Waals surface area contributed by atoms with Crippen molar-refractivity contribution < 1.29 is 13.6 Å². The van der Waals surface area contributed by atoms with E-state index in [1.165, 1.54) is 24.3 Å². The van der Waals surface area contributed by atoms with Crippen molar-refractivity contribution >= 4 is 11.7 Å². The molecule has 160 valence electrons. The van der Waals surface area contributed by atoms with Gasteiger partial charge in [-0.3, -0.25) is 4.90 Å². The Hall–Kier alpha value is -3.25. The van der Waals surface area contributed by atoms with Crippen LogP contribution in [0.4, 0.5) is 19.3 Å². The molecule has 4 nitrogen and oxygen atoms in total. The third-order valence-corrected chi connectivity index (χ3v) is 5.61. The number of carbonyl (C=O) groups is 1. The minimum Gasteiger partial charge on any atom is -0.322 e. The first-order valence-corrected chi connectivity index (χ1v) is 10.4. The molecule has 0 spiro atoms. The SMILES string of the molecule is Cc1cccc(NC(=O)N2CCN(C(c3ccc(F)cc3)c3ccc(F)cc3)CC2)c1. The highest BCUT2D eigenvalue weighted by atomic mass is 19.1. The fourth-order valence-corrected chi connectivity index (χ4v) is 4.01. The number of benzene rings is 3. The molecular formula is C25H25F2N3O. The van der Waals surface area contributed by atoms with Gasteiger partial charge in [0, 0.05) is 31.9 Å². The number of amides is 2. The average Bonchev–Trinajstić information content (AvgIpc) is 2.77. The van der Waals surface area contributed by atoms with Crippen molar-refractivity contribution in [2.24, 2.45) is 0 Å². The zero-order valence-corrected chi connectivity index (χ0v) is 17.4. The number of aryl methyl sites for hydroxylation is 1. The number of carbonyl (C=O) groups excluding carboxylic acids is 1. The first-order chi connectivity index (χ1) is 15.0. The summed E-state index contributed by atoms with van der Waals surface area (Å²) < 4.78 is 27.0. The molecule has 0 radical (unpaired) electrons. The second-order valence-corrected chi connectivity index (χ2v) is 7.83. The predicted molar refractivity (Wildman–Crippen MR) is 118 cm³/mol. The summed E-state index contributed by atoms with van der Waals surface area (Å²) in [6, 6.07) is 20.3. The van der Waals surface area contributed by atoms with Crippen molar-refractivity contribution in [3.63, 3.8) is 0 Å². The van der Waals surface area contributed by atoms with Gasteiger partial charge in [0.15, 0.2) is 0 Å². The monoisotopic (exact) mass is 421 g/mol. The second kappa shape index (κ2) is 9.27. The van der Waals surface area contributed by atoms with Gasteiger partial charge in [-0.15, -0.1) is 0 Å². The molecule has 0 saturated carbocycles. The van der Waals surface area contributed by atoms with Crippen molar-refractivity contribution in [2.75, 3.05) is 31.5 Å². The molecule has 1 fully saturated rings. The summed E-state index contributed by atoms with van der Waals surface area (Å²) in [5.41, 5.74) is 3.74. The van der Waals surface area contributed by atoms with E-state index in [1.807, 2.05) is 31.2 Å². The van der Waals surface area contributed by atoms with Gasteiger partial charge in [0.05, 0.1) is 6.04 Å². The minimum atomic E-state index is -0.292. The number of urea groups is 1. The van der Waals surface area contributed by atoms with Crippen LogP contribution in [0, 0.1) is 18.6 Å². The van der Waals surface area contributed by atoms with Crippen molar-refractivity contribution in [1.29, 1.82) is 0 Å². The van der Waals surface area contributed by atoms with Crippen LogP contribution in [0.1, 0.15) is 22.7 Å². The molecule has 1 heterocycles. The molecule has 2 amide bonds. The molecule has 0 aromatic heterocycles. The first kappa shape index (κ1) is 21.0. The summed E-state index contributed by atoms with van der Waals surface area (Å²) in [4.78, 5) is 16.7. The van der Waals surface area contributed by atoms with E-state index in [-0.39, 0.29) is 23.7 Å². The molecule has 3 aromatic rings. The molecule has 1 saturated heterocycles. The molecule has 6 heteroatoms. The van der Waals surface area contributed by atoms with Crippen LogP contribution in [0.5, 0.6) is 0 Å². The van der Waals surface area contributed by atoms with Gasteiger partial charge in [0.1, 0.15) is 11.6 Å². The van der Waals surface area contributed by atoms with Crippen LogP contribution in [0.25, 0.3) is 0 Å². The van der Waals surface area contributed by atoms with Crippen molar-refractivity contribution in [1.82, 2.24) is 9.80 Å². The van der Waals surface area contributed by atoms with Crippen molar-refractivity contribution in [3.05, 3.63) is 101 Å². The van der Waals surface area contributed by atoms with Gasteiger partial charge in [-0.1, -0.05) is 36.4 Å². The molecular weight excluding hydrogens is 396 g/mol. The Bertz CT molecular complexity index is 984. The summed E-state index contributed by atoms with van der Waals surface area (Å²) in [7, 11) is 0. The molecule has 1 aliphatic rings. The van der Waals surface area contributed by atoms with Crippen LogP contribution < -0.4 is 5.32 Å². The van der Waals surface area contributed by atoms with E-state index in [1.54, 1.807) is 29.2 Å². The molecule has 1 aliphatic heterocycles. The van der Waals surface area contributed by atoms with Crippen LogP contribution in [0.15, 0.2) is 72.8 Å². The largest absolute Gasteiger partial charge is 0.322 e. The van der Waals surface area contributed by atoms with Gasteiger partial charge in [-0.25, -0.2) is 13.6 Å². The summed E-state index contributed by atoms with van der Waals surface area (Å²) in [5, 5.41) is 2.96. The second-order valence-electron chi connectivity index (χ2n) is 7.83. The zero-order valence-electron chi connectivity index (χ0n) is 17.4. The lowest BCUT2D eigenvalue weighted by atomic mass is 9.96. The lowest BCUT2D eigenvalue weighted by Gasteiger charge is -2.39. The Morgan fingerprint density at radius 1 is 0.839 bits per heavy atom. The fourth-order valence-electron chi connectivity index (χ4n) is 4.01. The van der Waals surface area contributed by atoms with E-state index in [0.29, 0.717) is 26.2 Å². The Labute approximate surface area is 181 Å². The number of hydrogen-bond donors (Lipinski definition) is 1. The Kier molecular flexibility index (Phi) is 6.28. The van der Waals surface area contributed by atoms with Gasteiger partial charge in [0.25, 0.3) is 0 Å². The van der Waals surface area contributed by atoms with E-state index >= 15 is 0 Å². The molecule has 0 unspecified atom stereocenters. The summed E-state index contributed by atoms with van der Waals surface area (Å²) in [6.45, 7) is 4.42. The first-order valence-electron chi connectivity index (χ1n) is 10.4. The van der Waals surface area contributed by atoms with E-state index in [9.17, 15) is 13.6 Å². The number of anilines is 1. The standard InChI is InChI=1S/C25H25F2N3O/c1-18-3-2-4-23(17-18)28-25(31)30-15-13-29(14-16-30)24(19-5-9-21(26)10-6-19)20-7-11-22(27)12-8-20/h2-12,17,24H,13-16H2,1H3,(H,28,31). The van der Waals surface area contributed by atoms with Crippen LogP contribution in [-0.2, 0) is 0 Å². The number of hydrogen-bond acceptors (Lipinski definition) is 2. The highest BCUT2D eigenvalue weighted by Crippen LogP contribution is 2.30. The molecule has 3 aromatic carbocycles. The van der Waals surface area contributed by atoms with Gasteiger partial charge in [0.2, 0.25) is 0 Å². The highest BCUT2D eigenvalue weighted by Gasteiger charge is 2.28. The molecule has 31 heavy (non-hydrogen) atoms. The summed E-state index contributed by atoms with van der Waals surface area (Å²) >= 11 is 0. The number of rotatable bonds is 4. The average molecular weight is 421 g/mol. The van der Waals surface area contributed by atoms with Crippen LogP contribution in [-0.4, -0.2) is 42.0 Å². The quantitative estimate of drug-likeness (QED) is 0.628. The lowest BCUT2D eigenvalue weighted by molar-refractivity contribution is 0.126. The molecule has 0 bridgehead atoms. The van der Waals surface area contributed by atoms with Crippen molar-refractivity contribution in [2.45, 2.75) is 13.0 Å². The van der Waals surface area contributed by atoms with Gasteiger partial charge in [-0.2, -0.15) is 0 Å². The summed E-state index contributed by atoms with van der Waals surface area (Å²) in [5.74, 6) is -0.585. The third-order valence-electron chi connectivity index (χ3n) is 5.61. The molecule has 0 atom stereocenters. The fraction of sp³-hybridized carbons (Fsp3) is 0.240. The topological polar surface area (TPSA) is 35.6 Å². The number of halogens is 2. The van der Waals surface area contributed by atoms with E-state index in [4.69, 9.17) is 0 Å². The van der Waals surface area contributed by atoms with Gasteiger partial charge >= 0.3 is 6.03 Å². The number of nitrogens with one attached hydrogen (secondary N) is 1. The Morgan fingerprint density at radius 3 is 1.90 bits per heavy atom. The predicted octanol–water partition coefficient (Wildman–Crippen LogP) is 5.21. The zero-order chi connectivity index (χ0) is 21.8.